The Labute approximate surface area is 110 Å². The summed E-state index contributed by atoms with van der Waals surface area (Å²) in [7, 11) is 0. The lowest BCUT2D eigenvalue weighted by atomic mass is 10.2. The molecular weight excluding hydrogens is 243 g/mol. The molecule has 1 N–H and O–H groups in total. The second-order valence-corrected chi connectivity index (χ2v) is 3.94. The van der Waals surface area contributed by atoms with Gasteiger partial charge in [0, 0.05) is 18.0 Å². The molecule has 2 rings (SSSR count). The molecule has 3 nitrogen and oxygen atoms in total. The van der Waals surface area contributed by atoms with Crippen molar-refractivity contribution in [1.29, 1.82) is 0 Å². The summed E-state index contributed by atoms with van der Waals surface area (Å²) in [6, 6.07) is 7.90. The highest BCUT2D eigenvalue weighted by Crippen LogP contribution is 2.14. The molecule has 96 valence electrons. The molecule has 0 spiro atoms. The molecule has 0 radical (unpaired) electrons. The summed E-state index contributed by atoms with van der Waals surface area (Å²) in [5.41, 5.74) is 1.34. The molecule has 0 bridgehead atoms. The van der Waals surface area contributed by atoms with Crippen molar-refractivity contribution >= 4 is 22.9 Å². The van der Waals surface area contributed by atoms with E-state index >= 15 is 0 Å². The largest absolute Gasteiger partial charge is 0.349 e. The van der Waals surface area contributed by atoms with Gasteiger partial charge in [-0.05, 0) is 30.3 Å². The predicted molar refractivity (Wildman–Crippen MR) is 73.9 cm³/mol. The Kier molecular flexibility index (Phi) is 4.03. The van der Waals surface area contributed by atoms with Crippen LogP contribution < -0.4 is 5.32 Å². The van der Waals surface area contributed by atoms with Crippen LogP contribution in [0.25, 0.3) is 17.0 Å². The summed E-state index contributed by atoms with van der Waals surface area (Å²) >= 11 is 0. The van der Waals surface area contributed by atoms with E-state index in [4.69, 9.17) is 0 Å². The molecule has 1 aromatic carbocycles. The van der Waals surface area contributed by atoms with Crippen molar-refractivity contribution < 1.29 is 9.18 Å². The monoisotopic (exact) mass is 256 g/mol. The number of fused-ring (bicyclic) bond motifs is 1. The van der Waals surface area contributed by atoms with E-state index in [-0.39, 0.29) is 11.7 Å². The van der Waals surface area contributed by atoms with E-state index in [0.717, 1.165) is 5.39 Å². The number of benzene rings is 1. The number of hydrogen-bond donors (Lipinski definition) is 1. The van der Waals surface area contributed by atoms with Gasteiger partial charge in [0.05, 0.1) is 11.2 Å². The SMILES string of the molecule is C=CCNC(=O)/C=C/c1ccc2cc(F)ccc2n1. The first kappa shape index (κ1) is 13.0. The van der Waals surface area contributed by atoms with Crippen LogP contribution in [0, 0.1) is 5.82 Å². The highest BCUT2D eigenvalue weighted by Gasteiger charge is 1.98. The molecule has 1 heterocycles. The van der Waals surface area contributed by atoms with Crippen molar-refractivity contribution in [2.75, 3.05) is 6.54 Å². The van der Waals surface area contributed by atoms with Gasteiger partial charge in [-0.2, -0.15) is 0 Å². The van der Waals surface area contributed by atoms with Crippen LogP contribution in [-0.4, -0.2) is 17.4 Å². The summed E-state index contributed by atoms with van der Waals surface area (Å²) in [6.45, 7) is 3.93. The first-order chi connectivity index (χ1) is 9.19. The van der Waals surface area contributed by atoms with Crippen LogP contribution in [0.4, 0.5) is 4.39 Å². The van der Waals surface area contributed by atoms with Gasteiger partial charge in [0.2, 0.25) is 5.91 Å². The minimum atomic E-state index is -0.290. The second kappa shape index (κ2) is 5.91. The molecule has 1 aromatic heterocycles. The molecule has 1 amide bonds. The number of aromatic nitrogens is 1. The number of rotatable bonds is 4. The van der Waals surface area contributed by atoms with Crippen LogP contribution in [0.5, 0.6) is 0 Å². The third-order valence-electron chi connectivity index (χ3n) is 2.50. The molecule has 0 saturated carbocycles. The highest BCUT2D eigenvalue weighted by atomic mass is 19.1. The zero-order chi connectivity index (χ0) is 13.7. The number of pyridine rings is 1. The van der Waals surface area contributed by atoms with Crippen LogP contribution in [0.1, 0.15) is 5.69 Å². The summed E-state index contributed by atoms with van der Waals surface area (Å²) in [6.07, 6.45) is 4.62. The molecule has 0 atom stereocenters. The van der Waals surface area contributed by atoms with Gasteiger partial charge in [-0.25, -0.2) is 9.37 Å². The number of carbonyl (C=O) groups is 1. The third-order valence-corrected chi connectivity index (χ3v) is 2.50. The number of hydrogen-bond acceptors (Lipinski definition) is 2. The number of nitrogens with zero attached hydrogens (tertiary/aromatic N) is 1. The Morgan fingerprint density at radius 3 is 3.00 bits per heavy atom. The van der Waals surface area contributed by atoms with Crippen LogP contribution in [0.2, 0.25) is 0 Å². The second-order valence-electron chi connectivity index (χ2n) is 3.94. The fourth-order valence-corrected chi connectivity index (χ4v) is 1.60. The molecule has 0 fully saturated rings. The van der Waals surface area contributed by atoms with Crippen LogP contribution in [0.15, 0.2) is 49.1 Å². The van der Waals surface area contributed by atoms with E-state index in [1.54, 1.807) is 30.4 Å². The Hall–Kier alpha value is -2.49. The molecule has 0 aliphatic carbocycles. The highest BCUT2D eigenvalue weighted by molar-refractivity contribution is 5.92. The molecule has 4 heteroatoms. The first-order valence-electron chi connectivity index (χ1n) is 5.82. The lowest BCUT2D eigenvalue weighted by molar-refractivity contribution is -0.116. The lowest BCUT2D eigenvalue weighted by Gasteiger charge is -1.99. The topological polar surface area (TPSA) is 42.0 Å². The van der Waals surface area contributed by atoms with Gasteiger partial charge in [-0.15, -0.1) is 6.58 Å². The zero-order valence-electron chi connectivity index (χ0n) is 10.3. The smallest absolute Gasteiger partial charge is 0.244 e. The van der Waals surface area contributed by atoms with E-state index in [1.165, 1.54) is 18.2 Å². The maximum Gasteiger partial charge on any atom is 0.244 e. The zero-order valence-corrected chi connectivity index (χ0v) is 10.3. The van der Waals surface area contributed by atoms with Crippen LogP contribution in [-0.2, 0) is 4.79 Å². The summed E-state index contributed by atoms with van der Waals surface area (Å²) < 4.78 is 13.0. The quantitative estimate of drug-likeness (QED) is 0.675. The molecular formula is C15H13FN2O. The van der Waals surface area contributed by atoms with E-state index in [0.29, 0.717) is 17.8 Å². The first-order valence-corrected chi connectivity index (χ1v) is 5.82. The van der Waals surface area contributed by atoms with Crippen molar-refractivity contribution in [2.45, 2.75) is 0 Å². The minimum absolute atomic E-state index is 0.207. The van der Waals surface area contributed by atoms with Crippen molar-refractivity contribution in [3.05, 3.63) is 60.6 Å². The molecule has 0 aliphatic heterocycles. The Morgan fingerprint density at radius 2 is 2.21 bits per heavy atom. The van der Waals surface area contributed by atoms with E-state index in [2.05, 4.69) is 16.9 Å². The maximum atomic E-state index is 13.0. The molecule has 19 heavy (non-hydrogen) atoms. The standard InChI is InChI=1S/C15H13FN2O/c1-2-9-17-15(19)8-6-13-5-3-11-10-12(16)4-7-14(11)18-13/h2-8,10H,1,9H2,(H,17,19)/b8-6+. The summed E-state index contributed by atoms with van der Waals surface area (Å²) in [4.78, 5) is 15.7. The molecule has 2 aromatic rings. The average Bonchev–Trinajstić information content (AvgIpc) is 2.42. The predicted octanol–water partition coefficient (Wildman–Crippen LogP) is 2.69. The van der Waals surface area contributed by atoms with Gasteiger partial charge in [0.15, 0.2) is 0 Å². The van der Waals surface area contributed by atoms with Crippen molar-refractivity contribution in [3.63, 3.8) is 0 Å². The van der Waals surface area contributed by atoms with Gasteiger partial charge in [-0.1, -0.05) is 12.1 Å². The van der Waals surface area contributed by atoms with Crippen molar-refractivity contribution in [1.82, 2.24) is 10.3 Å². The summed E-state index contributed by atoms with van der Waals surface area (Å²) in [5, 5.41) is 3.36. The third kappa shape index (κ3) is 3.48. The minimum Gasteiger partial charge on any atom is -0.349 e. The average molecular weight is 256 g/mol. The van der Waals surface area contributed by atoms with Crippen LogP contribution in [0.3, 0.4) is 0 Å². The molecule has 0 aliphatic rings. The van der Waals surface area contributed by atoms with Gasteiger partial charge in [-0.3, -0.25) is 4.79 Å². The van der Waals surface area contributed by atoms with Gasteiger partial charge >= 0.3 is 0 Å². The van der Waals surface area contributed by atoms with E-state index in [9.17, 15) is 9.18 Å². The fourth-order valence-electron chi connectivity index (χ4n) is 1.60. The fraction of sp³-hybridized carbons (Fsp3) is 0.0667. The number of nitrogens with one attached hydrogen (secondary N) is 1. The lowest BCUT2D eigenvalue weighted by Crippen LogP contribution is -2.20. The summed E-state index contributed by atoms with van der Waals surface area (Å²) in [5.74, 6) is -0.498. The van der Waals surface area contributed by atoms with Gasteiger partial charge in [0.1, 0.15) is 5.82 Å². The number of halogens is 1. The number of carbonyl (C=O) groups excluding carboxylic acids is 1. The molecule has 0 saturated heterocycles. The maximum absolute atomic E-state index is 13.0. The van der Waals surface area contributed by atoms with Gasteiger partial charge < -0.3 is 5.32 Å². The number of amides is 1. The van der Waals surface area contributed by atoms with E-state index in [1.807, 2.05) is 0 Å². The normalized spacial score (nSPS) is 10.8. The Morgan fingerprint density at radius 1 is 1.37 bits per heavy atom. The van der Waals surface area contributed by atoms with Crippen molar-refractivity contribution in [3.8, 4) is 0 Å². The van der Waals surface area contributed by atoms with E-state index < -0.39 is 0 Å². The van der Waals surface area contributed by atoms with Gasteiger partial charge in [0.25, 0.3) is 0 Å². The molecule has 0 unspecified atom stereocenters. The Bertz CT molecular complexity index is 650. The van der Waals surface area contributed by atoms with Crippen molar-refractivity contribution in [2.24, 2.45) is 0 Å². The Balaban J connectivity index is 2.17. The van der Waals surface area contributed by atoms with Crippen LogP contribution >= 0.6 is 0 Å².